The van der Waals surface area contributed by atoms with Gasteiger partial charge in [-0.25, -0.2) is 15.0 Å². The van der Waals surface area contributed by atoms with E-state index in [-0.39, 0.29) is 11.9 Å². The average Bonchev–Trinajstić information content (AvgIpc) is 3.34. The molecule has 1 saturated heterocycles. The molecule has 156 valence electrons. The smallest absolute Gasteiger partial charge is 0.258 e. The van der Waals surface area contributed by atoms with Crippen molar-refractivity contribution in [3.8, 4) is 11.3 Å². The first-order valence-corrected chi connectivity index (χ1v) is 10.3. The van der Waals surface area contributed by atoms with Gasteiger partial charge in [-0.2, -0.15) is 0 Å². The van der Waals surface area contributed by atoms with Crippen LogP contribution >= 0.6 is 0 Å². The summed E-state index contributed by atoms with van der Waals surface area (Å²) < 4.78 is 5.36. The minimum atomic E-state index is -0.248. The highest BCUT2D eigenvalue weighted by atomic mass is 16.3. The molecule has 1 aromatic carbocycles. The quantitative estimate of drug-likeness (QED) is 0.543. The van der Waals surface area contributed by atoms with Gasteiger partial charge in [-0.15, -0.1) is 0 Å². The Morgan fingerprint density at radius 3 is 2.81 bits per heavy atom. The molecule has 1 fully saturated rings. The van der Waals surface area contributed by atoms with Crippen LogP contribution in [0.5, 0.6) is 0 Å². The van der Waals surface area contributed by atoms with E-state index in [1.807, 2.05) is 24.3 Å². The van der Waals surface area contributed by atoms with Gasteiger partial charge in [0.05, 0.1) is 11.7 Å². The summed E-state index contributed by atoms with van der Waals surface area (Å²) in [5.41, 5.74) is 3.10. The lowest BCUT2D eigenvalue weighted by atomic mass is 9.92. The van der Waals surface area contributed by atoms with Crippen molar-refractivity contribution < 1.29 is 9.21 Å². The van der Waals surface area contributed by atoms with Crippen LogP contribution in [-0.2, 0) is 0 Å². The first-order valence-electron chi connectivity index (χ1n) is 10.3. The number of oxazole rings is 1. The van der Waals surface area contributed by atoms with Crippen LogP contribution in [0.1, 0.15) is 34.8 Å². The van der Waals surface area contributed by atoms with E-state index in [1.54, 1.807) is 24.7 Å². The number of nitrogens with zero attached hydrogens (tertiary/aromatic N) is 5. The van der Waals surface area contributed by atoms with Crippen molar-refractivity contribution in [2.75, 3.05) is 25.5 Å². The van der Waals surface area contributed by atoms with Gasteiger partial charge in [0.25, 0.3) is 5.91 Å². The van der Waals surface area contributed by atoms with Crippen LogP contribution in [0.25, 0.3) is 22.2 Å². The Bertz CT molecular complexity index is 1220. The summed E-state index contributed by atoms with van der Waals surface area (Å²) in [6.07, 6.45) is 8.54. The largest absolute Gasteiger partial charge is 0.444 e. The molecule has 1 N–H and O–H groups in total. The molecule has 0 saturated carbocycles. The summed E-state index contributed by atoms with van der Waals surface area (Å²) in [6, 6.07) is 9.32. The maximum Gasteiger partial charge on any atom is 0.258 e. The number of likely N-dealkylation sites (tertiary alicyclic amines) is 1. The van der Waals surface area contributed by atoms with Crippen molar-refractivity contribution in [1.82, 2.24) is 24.8 Å². The van der Waals surface area contributed by atoms with Gasteiger partial charge in [0.2, 0.25) is 5.95 Å². The molecule has 4 heterocycles. The van der Waals surface area contributed by atoms with Crippen molar-refractivity contribution in [1.29, 1.82) is 0 Å². The fraction of sp³-hybridized carbons (Fsp3) is 0.261. The number of aromatic nitrogens is 4. The maximum atomic E-state index is 12.8. The number of hydrogen-bond donors (Lipinski definition) is 1. The van der Waals surface area contributed by atoms with Gasteiger partial charge in [0, 0.05) is 40.5 Å². The number of pyridine rings is 1. The molecule has 3 aromatic heterocycles. The van der Waals surface area contributed by atoms with E-state index in [0.29, 0.717) is 22.8 Å². The maximum absolute atomic E-state index is 12.8. The Morgan fingerprint density at radius 2 is 2.00 bits per heavy atom. The number of benzene rings is 1. The number of carbonyl (C=O) groups excluding carboxylic acids is 1. The lowest BCUT2D eigenvalue weighted by Crippen LogP contribution is -2.29. The number of hydrogen-bond acceptors (Lipinski definition) is 7. The van der Waals surface area contributed by atoms with Crippen molar-refractivity contribution in [3.63, 3.8) is 0 Å². The van der Waals surface area contributed by atoms with E-state index in [2.05, 4.69) is 37.2 Å². The van der Waals surface area contributed by atoms with E-state index in [1.165, 1.54) is 6.39 Å². The first-order chi connectivity index (χ1) is 15.2. The van der Waals surface area contributed by atoms with E-state index in [0.717, 1.165) is 42.6 Å². The predicted octanol–water partition coefficient (Wildman–Crippen LogP) is 3.74. The SMILES string of the molecule is CN1CCC(c2cc(C(=O)Nc3ncc4ccc(-c5cnco5)cc4n3)ccn2)CC1. The number of rotatable bonds is 4. The number of amides is 1. The standard InChI is InChI=1S/C23H22N6O2/c1-29-8-5-15(6-9-29)19-11-17(4-7-25-19)22(30)28-23-26-12-18-3-2-16(10-20(18)27-23)21-13-24-14-31-21/h2-4,7,10-15H,5-6,8-9H2,1H3,(H,26,27,28,30). The van der Waals surface area contributed by atoms with E-state index in [4.69, 9.17) is 4.42 Å². The van der Waals surface area contributed by atoms with Crippen LogP contribution in [0.2, 0.25) is 0 Å². The van der Waals surface area contributed by atoms with Gasteiger partial charge in [-0.1, -0.05) is 12.1 Å². The zero-order chi connectivity index (χ0) is 21.2. The van der Waals surface area contributed by atoms with Crippen LogP contribution in [0, 0.1) is 0 Å². The second-order valence-electron chi connectivity index (χ2n) is 7.83. The van der Waals surface area contributed by atoms with Gasteiger partial charge in [0.15, 0.2) is 12.2 Å². The van der Waals surface area contributed by atoms with Crippen molar-refractivity contribution in [3.05, 3.63) is 66.6 Å². The number of anilines is 1. The first kappa shape index (κ1) is 19.3. The second-order valence-corrected chi connectivity index (χ2v) is 7.83. The monoisotopic (exact) mass is 414 g/mol. The highest BCUT2D eigenvalue weighted by Crippen LogP contribution is 2.27. The molecule has 1 aliphatic rings. The Hall–Kier alpha value is -3.65. The minimum Gasteiger partial charge on any atom is -0.444 e. The summed E-state index contributed by atoms with van der Waals surface area (Å²) >= 11 is 0. The van der Waals surface area contributed by atoms with Gasteiger partial charge in [0.1, 0.15) is 0 Å². The molecule has 0 unspecified atom stereocenters. The summed E-state index contributed by atoms with van der Waals surface area (Å²) in [5, 5.41) is 3.68. The molecular formula is C23H22N6O2. The topological polar surface area (TPSA) is 97.0 Å². The third-order valence-corrected chi connectivity index (χ3v) is 5.70. The van der Waals surface area contributed by atoms with Gasteiger partial charge < -0.3 is 9.32 Å². The lowest BCUT2D eigenvalue weighted by molar-refractivity contribution is 0.102. The molecule has 1 amide bonds. The zero-order valence-corrected chi connectivity index (χ0v) is 17.2. The summed E-state index contributed by atoms with van der Waals surface area (Å²) in [5.74, 6) is 1.05. The van der Waals surface area contributed by atoms with Crippen LogP contribution in [0.4, 0.5) is 5.95 Å². The molecule has 0 bridgehead atoms. The second kappa shape index (κ2) is 8.23. The highest BCUT2D eigenvalue weighted by Gasteiger charge is 2.20. The van der Waals surface area contributed by atoms with Crippen LogP contribution in [-0.4, -0.2) is 50.9 Å². The van der Waals surface area contributed by atoms with Crippen molar-refractivity contribution in [2.45, 2.75) is 18.8 Å². The fourth-order valence-corrected chi connectivity index (χ4v) is 3.89. The number of carbonyl (C=O) groups is 1. The third kappa shape index (κ3) is 4.15. The van der Waals surface area contributed by atoms with Gasteiger partial charge >= 0.3 is 0 Å². The normalized spacial score (nSPS) is 15.3. The Morgan fingerprint density at radius 1 is 1.13 bits per heavy atom. The summed E-state index contributed by atoms with van der Waals surface area (Å²) in [4.78, 5) is 32.4. The minimum absolute atomic E-state index is 0.248. The number of piperidine rings is 1. The van der Waals surface area contributed by atoms with Gasteiger partial charge in [-0.05, 0) is 51.2 Å². The third-order valence-electron chi connectivity index (χ3n) is 5.70. The highest BCUT2D eigenvalue weighted by molar-refractivity contribution is 6.03. The predicted molar refractivity (Wildman–Crippen MR) is 117 cm³/mol. The average molecular weight is 414 g/mol. The van der Waals surface area contributed by atoms with Gasteiger partial charge in [-0.3, -0.25) is 15.1 Å². The molecule has 8 nitrogen and oxygen atoms in total. The summed E-state index contributed by atoms with van der Waals surface area (Å²) in [7, 11) is 2.13. The summed E-state index contributed by atoms with van der Waals surface area (Å²) in [6.45, 7) is 2.09. The molecular weight excluding hydrogens is 392 g/mol. The Labute approximate surface area is 179 Å². The number of fused-ring (bicyclic) bond motifs is 1. The Balaban J connectivity index is 1.35. The van der Waals surface area contributed by atoms with Crippen LogP contribution in [0.3, 0.4) is 0 Å². The molecule has 1 aliphatic heterocycles. The molecule has 31 heavy (non-hydrogen) atoms. The molecule has 0 spiro atoms. The zero-order valence-electron chi connectivity index (χ0n) is 17.2. The van der Waals surface area contributed by atoms with E-state index in [9.17, 15) is 4.79 Å². The lowest BCUT2D eigenvalue weighted by Gasteiger charge is -2.28. The van der Waals surface area contributed by atoms with E-state index >= 15 is 0 Å². The number of nitrogens with one attached hydrogen (secondary N) is 1. The fourth-order valence-electron chi connectivity index (χ4n) is 3.89. The molecule has 0 aliphatic carbocycles. The molecule has 0 radical (unpaired) electrons. The Kier molecular flexibility index (Phi) is 5.13. The van der Waals surface area contributed by atoms with E-state index < -0.39 is 0 Å². The molecule has 0 atom stereocenters. The molecule has 5 rings (SSSR count). The molecule has 8 heteroatoms. The molecule has 4 aromatic rings. The van der Waals surface area contributed by atoms with Crippen molar-refractivity contribution in [2.24, 2.45) is 0 Å². The van der Waals surface area contributed by atoms with Crippen LogP contribution in [0.15, 0.2) is 59.7 Å². The van der Waals surface area contributed by atoms with Crippen LogP contribution < -0.4 is 5.32 Å². The van der Waals surface area contributed by atoms with Crippen molar-refractivity contribution >= 4 is 22.8 Å².